The molecule has 1 aliphatic rings. The molecule has 4 aromatic rings. The van der Waals surface area contributed by atoms with Crippen LogP contribution in [0, 0.1) is 11.6 Å². The molecule has 2 atom stereocenters. The molecule has 1 aromatic heterocycles. The number of fused-ring (bicyclic) bond motifs is 1. The first kappa shape index (κ1) is 48.8. The first-order chi connectivity index (χ1) is 29.0. The Bertz CT molecular complexity index is 2110. The van der Waals surface area contributed by atoms with Gasteiger partial charge in [-0.1, -0.05) is 69.0 Å². The number of carboxylic acids is 2. The lowest BCUT2D eigenvalue weighted by molar-refractivity contribution is -0.165. The lowest BCUT2D eigenvalue weighted by Gasteiger charge is -2.38. The van der Waals surface area contributed by atoms with Crippen LogP contribution in [0.15, 0.2) is 82.6 Å². The number of nitrogens with zero attached hydrogens (tertiary/aromatic N) is 3. The summed E-state index contributed by atoms with van der Waals surface area (Å²) in [6.45, 7) is 5.60. The fourth-order valence-electron chi connectivity index (χ4n) is 7.13. The number of aliphatic hydroxyl groups is 2. The molecule has 332 valence electrons. The minimum Gasteiger partial charge on any atom is -0.479 e. The second-order valence-electron chi connectivity index (χ2n) is 14.8. The van der Waals surface area contributed by atoms with E-state index >= 15 is 0 Å². The van der Waals surface area contributed by atoms with E-state index in [2.05, 4.69) is 11.8 Å². The van der Waals surface area contributed by atoms with Gasteiger partial charge in [0, 0.05) is 48.4 Å². The number of unbranched alkanes of at least 4 members (excludes halogenated alkanes) is 5. The van der Waals surface area contributed by atoms with Crippen LogP contribution in [0.3, 0.4) is 0 Å². The summed E-state index contributed by atoms with van der Waals surface area (Å²) in [7, 11) is 0. The highest BCUT2D eigenvalue weighted by molar-refractivity contribution is 7.98. The van der Waals surface area contributed by atoms with Gasteiger partial charge in [-0.05, 0) is 74.5 Å². The summed E-state index contributed by atoms with van der Waals surface area (Å²) in [5.74, 6) is -5.32. The van der Waals surface area contributed by atoms with Gasteiger partial charge in [0.1, 0.15) is 6.54 Å². The Morgan fingerprint density at radius 3 is 2.05 bits per heavy atom. The molecule has 0 radical (unpaired) electrons. The number of pyridine rings is 1. The number of piperidine rings is 1. The smallest absolute Gasteiger partial charge is 0.416 e. The van der Waals surface area contributed by atoms with E-state index in [1.165, 1.54) is 30.0 Å². The van der Waals surface area contributed by atoms with E-state index in [0.29, 0.717) is 22.5 Å². The van der Waals surface area contributed by atoms with Gasteiger partial charge in [-0.3, -0.25) is 9.59 Å². The first-order valence-electron chi connectivity index (χ1n) is 20.2. The Morgan fingerprint density at radius 2 is 1.44 bits per heavy atom. The number of benzene rings is 3. The fraction of sp³-hybridized carbons (Fsp3) is 0.455. The molecule has 1 fully saturated rings. The maximum Gasteiger partial charge on any atom is 0.416 e. The van der Waals surface area contributed by atoms with Gasteiger partial charge < -0.3 is 34.8 Å². The van der Waals surface area contributed by atoms with Crippen LogP contribution in [0.1, 0.15) is 75.0 Å². The Morgan fingerprint density at radius 1 is 0.836 bits per heavy atom. The molecule has 2 unspecified atom stereocenters. The summed E-state index contributed by atoms with van der Waals surface area (Å²) in [6.07, 6.45) is -0.623. The van der Waals surface area contributed by atoms with Gasteiger partial charge in [0.2, 0.25) is 5.91 Å². The summed E-state index contributed by atoms with van der Waals surface area (Å²) in [5.41, 5.74) is 0.892. The van der Waals surface area contributed by atoms with Crippen molar-refractivity contribution in [2.45, 2.75) is 106 Å². The molecule has 61 heavy (non-hydrogen) atoms. The summed E-state index contributed by atoms with van der Waals surface area (Å²) in [4.78, 5) is 51.3. The molecular formula is C44H52F5N3O8S. The molecule has 0 spiro atoms. The van der Waals surface area contributed by atoms with E-state index in [1.54, 1.807) is 24.3 Å². The van der Waals surface area contributed by atoms with Crippen molar-refractivity contribution in [2.75, 3.05) is 26.2 Å². The number of para-hydroxylation sites is 1. The lowest BCUT2D eigenvalue weighted by atomic mass is 10.0. The molecule has 11 nitrogen and oxygen atoms in total. The Labute approximate surface area is 354 Å². The minimum absolute atomic E-state index is 0.0205. The van der Waals surface area contributed by atoms with Crippen molar-refractivity contribution in [1.82, 2.24) is 14.4 Å². The quantitative estimate of drug-likeness (QED) is 0.0426. The Hall–Kier alpha value is -4.84. The standard InChI is InChI=1S/C40H46F5N3O2S.C4H6O6/c1-2-46-24-21-32(22-25-46)47(23-10-6-4-3-5-7-12-29-17-19-31(20-18-29)40(43,44)45)37(50)27-48-35-16-9-8-14-33(35)36(49)26-38(48)51-28-30-13-11-15-34(41)39(30)42;5-1(3(7)8)2(6)4(9)10/h8-9,11,13-20,26,32H,2-7,10,12,21-25,27-28H2,1H3;1-2,5-6H,(H,7,8)(H,9,10). The number of aliphatic hydroxyl groups excluding tert-OH is 2. The van der Waals surface area contributed by atoms with Crippen molar-refractivity contribution in [3.05, 3.63) is 111 Å². The van der Waals surface area contributed by atoms with Gasteiger partial charge in [-0.25, -0.2) is 18.4 Å². The number of amides is 1. The number of hydrogen-bond donors (Lipinski definition) is 4. The molecule has 17 heteroatoms. The number of aryl methyl sites for hydroxylation is 1. The van der Waals surface area contributed by atoms with E-state index in [0.717, 1.165) is 101 Å². The van der Waals surface area contributed by atoms with Crippen LogP contribution in [0.4, 0.5) is 22.0 Å². The van der Waals surface area contributed by atoms with Gasteiger partial charge in [-0.15, -0.1) is 11.8 Å². The normalized spacial score (nSPS) is 14.6. The monoisotopic (exact) mass is 877 g/mol. The lowest BCUT2D eigenvalue weighted by Crippen LogP contribution is -2.48. The fourth-order valence-corrected chi connectivity index (χ4v) is 8.17. The number of carboxylic acid groups (broad SMARTS) is 2. The van der Waals surface area contributed by atoms with Crippen molar-refractivity contribution >= 4 is 40.5 Å². The van der Waals surface area contributed by atoms with Crippen LogP contribution < -0.4 is 5.43 Å². The van der Waals surface area contributed by atoms with Crippen LogP contribution in [0.2, 0.25) is 0 Å². The number of rotatable bonds is 19. The molecule has 2 heterocycles. The summed E-state index contributed by atoms with van der Waals surface area (Å²) < 4.78 is 68.8. The summed E-state index contributed by atoms with van der Waals surface area (Å²) in [5, 5.41) is 33.5. The molecule has 0 bridgehead atoms. The molecule has 1 saturated heterocycles. The van der Waals surface area contributed by atoms with Crippen LogP contribution in [-0.4, -0.2) is 97.1 Å². The zero-order valence-corrected chi connectivity index (χ0v) is 34.6. The van der Waals surface area contributed by atoms with E-state index in [4.69, 9.17) is 20.4 Å². The second kappa shape index (κ2) is 23.4. The van der Waals surface area contributed by atoms with E-state index in [9.17, 15) is 41.1 Å². The zero-order valence-electron chi connectivity index (χ0n) is 33.8. The number of likely N-dealkylation sites (tertiary alicyclic amines) is 1. The van der Waals surface area contributed by atoms with Crippen molar-refractivity contribution in [1.29, 1.82) is 0 Å². The van der Waals surface area contributed by atoms with E-state index < -0.39 is 47.5 Å². The third-order valence-electron chi connectivity index (χ3n) is 10.6. The third-order valence-corrected chi connectivity index (χ3v) is 11.7. The minimum atomic E-state index is -4.32. The number of hydrogen-bond acceptors (Lipinski definition) is 8. The predicted molar refractivity (Wildman–Crippen MR) is 221 cm³/mol. The van der Waals surface area contributed by atoms with Gasteiger partial charge >= 0.3 is 18.1 Å². The maximum atomic E-state index is 14.5. The second-order valence-corrected chi connectivity index (χ2v) is 15.8. The number of carbonyl (C=O) groups excluding carboxylic acids is 1. The average Bonchev–Trinajstić information content (AvgIpc) is 3.24. The van der Waals surface area contributed by atoms with Crippen LogP contribution >= 0.6 is 11.8 Å². The molecule has 0 aliphatic carbocycles. The van der Waals surface area contributed by atoms with Gasteiger partial charge in [0.15, 0.2) is 29.3 Å². The van der Waals surface area contributed by atoms with E-state index in [1.807, 2.05) is 21.6 Å². The molecular weight excluding hydrogens is 826 g/mol. The van der Waals surface area contributed by atoms with Gasteiger partial charge in [0.05, 0.1) is 16.1 Å². The van der Waals surface area contributed by atoms with Crippen molar-refractivity contribution in [3.63, 3.8) is 0 Å². The highest BCUT2D eigenvalue weighted by Crippen LogP contribution is 2.30. The summed E-state index contributed by atoms with van der Waals surface area (Å²) >= 11 is 1.21. The maximum absolute atomic E-state index is 14.5. The molecule has 1 amide bonds. The van der Waals surface area contributed by atoms with Crippen LogP contribution in [0.5, 0.6) is 0 Å². The predicted octanol–water partition coefficient (Wildman–Crippen LogP) is 7.36. The van der Waals surface area contributed by atoms with Crippen molar-refractivity contribution < 1.29 is 56.8 Å². The zero-order chi connectivity index (χ0) is 44.7. The molecule has 5 rings (SSSR count). The SMILES string of the molecule is CCN1CCC(N(CCCCCCCCc2ccc(C(F)(F)F)cc2)C(=O)Cn2c(SCc3cccc(F)c3F)cc(=O)c3ccccc32)CC1.O=C(O)C(O)C(O)C(=O)O. The Balaban J connectivity index is 0.000000727. The number of carbonyl (C=O) groups is 3. The van der Waals surface area contributed by atoms with E-state index in [-0.39, 0.29) is 35.2 Å². The Kier molecular flexibility index (Phi) is 18.7. The number of alkyl halides is 3. The highest BCUT2D eigenvalue weighted by atomic mass is 32.2. The molecule has 3 aromatic carbocycles. The van der Waals surface area contributed by atoms with Crippen LogP contribution in [0.25, 0.3) is 10.9 Å². The van der Waals surface area contributed by atoms with Crippen molar-refractivity contribution in [2.24, 2.45) is 0 Å². The number of halogens is 5. The summed E-state index contributed by atoms with van der Waals surface area (Å²) in [6, 6.07) is 18.2. The highest BCUT2D eigenvalue weighted by Gasteiger charge is 2.31. The topological polar surface area (TPSA) is 161 Å². The van der Waals surface area contributed by atoms with Gasteiger partial charge in [-0.2, -0.15) is 13.2 Å². The number of thioether (sulfide) groups is 1. The number of aromatic nitrogens is 1. The molecule has 0 saturated carbocycles. The molecule has 1 aliphatic heterocycles. The molecule has 4 N–H and O–H groups in total. The average molecular weight is 878 g/mol. The van der Waals surface area contributed by atoms with Crippen LogP contribution in [-0.2, 0) is 39.3 Å². The third kappa shape index (κ3) is 14.4. The van der Waals surface area contributed by atoms with Crippen molar-refractivity contribution in [3.8, 4) is 0 Å². The first-order valence-corrected chi connectivity index (χ1v) is 21.2. The van der Waals surface area contributed by atoms with Gasteiger partial charge in [0.25, 0.3) is 0 Å². The number of aliphatic carboxylic acids is 2. The largest absolute Gasteiger partial charge is 0.479 e.